The fourth-order valence-electron chi connectivity index (χ4n) is 2.83. The molecular weight excluding hydrogens is 326 g/mol. The lowest BCUT2D eigenvalue weighted by Crippen LogP contribution is -2.59. The normalized spacial score (nSPS) is 21.4. The minimum Gasteiger partial charge on any atom is -0.444 e. The third-order valence-electron chi connectivity index (χ3n) is 4.02. The van der Waals surface area contributed by atoms with Gasteiger partial charge in [0, 0.05) is 30.9 Å². The predicted molar refractivity (Wildman–Crippen MR) is 95.4 cm³/mol. The van der Waals surface area contributed by atoms with Gasteiger partial charge >= 0.3 is 6.09 Å². The molecular formula is C18H24ClN3O2. The van der Waals surface area contributed by atoms with Gasteiger partial charge in [0.15, 0.2) is 0 Å². The average molecular weight is 350 g/mol. The number of carbonyl (C=O) groups excluding carboxylic acids is 1. The lowest BCUT2D eigenvalue weighted by Gasteiger charge is -2.45. The molecule has 1 aliphatic heterocycles. The van der Waals surface area contributed by atoms with Gasteiger partial charge in [-0.15, -0.1) is 0 Å². The van der Waals surface area contributed by atoms with E-state index in [1.54, 1.807) is 11.0 Å². The Kier molecular flexibility index (Phi) is 5.29. The molecule has 0 unspecified atom stereocenters. The molecule has 6 heteroatoms. The number of hydrogen-bond donors (Lipinski definition) is 0. The van der Waals surface area contributed by atoms with E-state index in [-0.39, 0.29) is 18.2 Å². The fraction of sp³-hybridized carbons (Fsp3) is 0.556. The number of nitrogens with zero attached hydrogens (tertiary/aromatic N) is 3. The van der Waals surface area contributed by atoms with Gasteiger partial charge in [0.05, 0.1) is 10.6 Å². The molecule has 5 nitrogen and oxygen atoms in total. The lowest BCUT2D eigenvalue weighted by atomic mass is 10.1. The molecule has 0 bridgehead atoms. The first-order valence-corrected chi connectivity index (χ1v) is 8.46. The number of amides is 1. The summed E-state index contributed by atoms with van der Waals surface area (Å²) in [7, 11) is 0. The van der Waals surface area contributed by atoms with Crippen LogP contribution in [0.5, 0.6) is 0 Å². The van der Waals surface area contributed by atoms with E-state index in [0.29, 0.717) is 23.7 Å². The van der Waals surface area contributed by atoms with Crippen molar-refractivity contribution in [3.63, 3.8) is 0 Å². The Bertz CT molecular complexity index is 663. The maximum atomic E-state index is 12.4. The monoisotopic (exact) mass is 349 g/mol. The Labute approximate surface area is 148 Å². The van der Waals surface area contributed by atoms with E-state index in [4.69, 9.17) is 21.6 Å². The van der Waals surface area contributed by atoms with Gasteiger partial charge in [0.1, 0.15) is 11.7 Å². The number of benzene rings is 1. The molecule has 1 aromatic rings. The molecule has 1 fully saturated rings. The zero-order valence-electron chi connectivity index (χ0n) is 14.8. The number of nitriles is 1. The number of hydrogen-bond acceptors (Lipinski definition) is 4. The highest BCUT2D eigenvalue weighted by atomic mass is 35.5. The summed E-state index contributed by atoms with van der Waals surface area (Å²) in [6.45, 7) is 10.9. The van der Waals surface area contributed by atoms with Crippen molar-refractivity contribution >= 4 is 23.4 Å². The van der Waals surface area contributed by atoms with E-state index in [2.05, 4.69) is 17.9 Å². The van der Waals surface area contributed by atoms with Gasteiger partial charge < -0.3 is 14.5 Å². The molecule has 0 N–H and O–H groups in total. The molecule has 0 saturated carbocycles. The van der Waals surface area contributed by atoms with Crippen molar-refractivity contribution in [1.82, 2.24) is 4.90 Å². The average Bonchev–Trinajstić information content (AvgIpc) is 2.47. The second-order valence-electron chi connectivity index (χ2n) is 7.26. The number of rotatable bonds is 1. The van der Waals surface area contributed by atoms with E-state index in [9.17, 15) is 4.79 Å². The molecule has 1 saturated heterocycles. The van der Waals surface area contributed by atoms with E-state index >= 15 is 0 Å². The van der Waals surface area contributed by atoms with Crippen molar-refractivity contribution in [3.8, 4) is 6.07 Å². The summed E-state index contributed by atoms with van der Waals surface area (Å²) in [5, 5.41) is 9.44. The van der Waals surface area contributed by atoms with Gasteiger partial charge in [-0.05, 0) is 52.8 Å². The summed E-state index contributed by atoms with van der Waals surface area (Å²) in [4.78, 5) is 16.4. The van der Waals surface area contributed by atoms with Crippen LogP contribution in [0.15, 0.2) is 18.2 Å². The number of halogens is 1. The summed E-state index contributed by atoms with van der Waals surface area (Å²) >= 11 is 6.15. The largest absolute Gasteiger partial charge is 0.444 e. The zero-order valence-corrected chi connectivity index (χ0v) is 15.6. The predicted octanol–water partition coefficient (Wildman–Crippen LogP) is 4.05. The van der Waals surface area contributed by atoms with Gasteiger partial charge in [-0.25, -0.2) is 4.79 Å². The summed E-state index contributed by atoms with van der Waals surface area (Å²) < 4.78 is 5.50. The van der Waals surface area contributed by atoms with Gasteiger partial charge in [0.25, 0.3) is 0 Å². The standard InChI is InChI=1S/C18H24ClN3O2/c1-12-11-22(17(23)24-18(3,4)5)13(2)10-21(12)15-7-6-14(9-20)16(19)8-15/h6-8,12-13H,10-11H2,1-5H3/t12-,13+/m1/s1. The Morgan fingerprint density at radius 2 is 1.96 bits per heavy atom. The summed E-state index contributed by atoms with van der Waals surface area (Å²) in [6, 6.07) is 7.65. The summed E-state index contributed by atoms with van der Waals surface area (Å²) in [6.07, 6.45) is -0.278. The van der Waals surface area contributed by atoms with Gasteiger partial charge in [-0.2, -0.15) is 5.26 Å². The first-order valence-electron chi connectivity index (χ1n) is 8.08. The maximum Gasteiger partial charge on any atom is 0.410 e. The Morgan fingerprint density at radius 1 is 1.29 bits per heavy atom. The third-order valence-corrected chi connectivity index (χ3v) is 4.33. The van der Waals surface area contributed by atoms with Crippen LogP contribution in [0, 0.1) is 11.3 Å². The molecule has 1 aromatic carbocycles. The first-order chi connectivity index (χ1) is 11.1. The summed E-state index contributed by atoms with van der Waals surface area (Å²) in [5.74, 6) is 0. The van der Waals surface area contributed by atoms with Crippen LogP contribution in [0.4, 0.5) is 10.5 Å². The minimum atomic E-state index is -0.502. The van der Waals surface area contributed by atoms with Crippen LogP contribution in [0.2, 0.25) is 5.02 Å². The molecule has 2 rings (SSSR count). The second-order valence-corrected chi connectivity index (χ2v) is 7.67. The molecule has 1 aliphatic rings. The van der Waals surface area contributed by atoms with Crippen LogP contribution < -0.4 is 4.90 Å². The fourth-order valence-corrected chi connectivity index (χ4v) is 3.05. The van der Waals surface area contributed by atoms with Crippen LogP contribution in [-0.2, 0) is 4.74 Å². The SMILES string of the molecule is C[C@@H]1CN(C(=O)OC(C)(C)C)[C@@H](C)CN1c1ccc(C#N)c(Cl)c1. The number of anilines is 1. The highest BCUT2D eigenvalue weighted by Gasteiger charge is 2.34. The summed E-state index contributed by atoms with van der Waals surface area (Å²) in [5.41, 5.74) is 0.924. The molecule has 130 valence electrons. The van der Waals surface area contributed by atoms with E-state index in [1.165, 1.54) is 0 Å². The van der Waals surface area contributed by atoms with Crippen molar-refractivity contribution < 1.29 is 9.53 Å². The number of piperazine rings is 1. The minimum absolute atomic E-state index is 0.0190. The molecule has 0 radical (unpaired) electrons. The maximum absolute atomic E-state index is 12.4. The highest BCUT2D eigenvalue weighted by molar-refractivity contribution is 6.32. The van der Waals surface area contributed by atoms with Crippen LogP contribution in [0.25, 0.3) is 0 Å². The van der Waals surface area contributed by atoms with Crippen molar-refractivity contribution in [2.24, 2.45) is 0 Å². The Morgan fingerprint density at radius 3 is 2.50 bits per heavy atom. The van der Waals surface area contributed by atoms with Crippen LogP contribution >= 0.6 is 11.6 Å². The Balaban J connectivity index is 2.15. The Hall–Kier alpha value is -1.93. The first kappa shape index (κ1) is 18.4. The molecule has 2 atom stereocenters. The van der Waals surface area contributed by atoms with Gasteiger partial charge in [-0.1, -0.05) is 11.6 Å². The highest BCUT2D eigenvalue weighted by Crippen LogP contribution is 2.28. The van der Waals surface area contributed by atoms with E-state index < -0.39 is 5.60 Å². The molecule has 0 spiro atoms. The lowest BCUT2D eigenvalue weighted by molar-refractivity contribution is 0.0130. The van der Waals surface area contributed by atoms with E-state index in [1.807, 2.05) is 39.8 Å². The second kappa shape index (κ2) is 6.90. The van der Waals surface area contributed by atoms with Gasteiger partial charge in [0.2, 0.25) is 0 Å². The third kappa shape index (κ3) is 4.12. The molecule has 1 amide bonds. The van der Waals surface area contributed by atoms with Crippen molar-refractivity contribution in [2.45, 2.75) is 52.3 Å². The van der Waals surface area contributed by atoms with Crippen LogP contribution in [0.3, 0.4) is 0 Å². The molecule has 0 aromatic heterocycles. The van der Waals surface area contributed by atoms with E-state index in [0.717, 1.165) is 5.69 Å². The molecule has 24 heavy (non-hydrogen) atoms. The van der Waals surface area contributed by atoms with Crippen LogP contribution in [0.1, 0.15) is 40.2 Å². The number of ether oxygens (including phenoxy) is 1. The van der Waals surface area contributed by atoms with Crippen molar-refractivity contribution in [1.29, 1.82) is 5.26 Å². The van der Waals surface area contributed by atoms with Gasteiger partial charge in [-0.3, -0.25) is 0 Å². The smallest absolute Gasteiger partial charge is 0.410 e. The number of carbonyl (C=O) groups is 1. The quantitative estimate of drug-likeness (QED) is 0.767. The molecule has 0 aliphatic carbocycles. The zero-order chi connectivity index (χ0) is 18.1. The van der Waals surface area contributed by atoms with Crippen LogP contribution in [-0.4, -0.2) is 41.8 Å². The topological polar surface area (TPSA) is 56.6 Å². The van der Waals surface area contributed by atoms with Crippen molar-refractivity contribution in [3.05, 3.63) is 28.8 Å². The molecule has 1 heterocycles. The van der Waals surface area contributed by atoms with Crippen molar-refractivity contribution in [2.75, 3.05) is 18.0 Å².